The first-order chi connectivity index (χ1) is 18.7. The van der Waals surface area contributed by atoms with Gasteiger partial charge in [-0.15, -0.1) is 0 Å². The normalized spacial score (nSPS) is 11.0. The maximum absolute atomic E-state index is 11.9. The molecule has 0 aliphatic carbocycles. The first-order valence-corrected chi connectivity index (χ1v) is 14.2. The van der Waals surface area contributed by atoms with E-state index in [2.05, 4.69) is 38.1 Å². The van der Waals surface area contributed by atoms with Crippen molar-refractivity contribution in [1.82, 2.24) is 0 Å². The zero-order chi connectivity index (χ0) is 27.0. The minimum atomic E-state index is -0.135. The average Bonchev–Trinajstić information content (AvgIpc) is 2.93. The zero-order valence-electron chi connectivity index (χ0n) is 23.0. The van der Waals surface area contributed by atoms with Gasteiger partial charge in [-0.1, -0.05) is 75.2 Å². The second kappa shape index (κ2) is 16.5. The molecule has 3 aromatic rings. The highest BCUT2D eigenvalue weighted by Crippen LogP contribution is 2.42. The molecule has 0 N–H and O–H groups in total. The molecule has 206 valence electrons. The lowest BCUT2D eigenvalue weighted by molar-refractivity contribution is -0.144. The van der Waals surface area contributed by atoms with Crippen LogP contribution in [0.15, 0.2) is 48.5 Å². The number of fused-ring (bicyclic) bond motifs is 2. The van der Waals surface area contributed by atoms with E-state index in [1.807, 2.05) is 24.3 Å². The highest BCUT2D eigenvalue weighted by molar-refractivity contribution is 6.11. The van der Waals surface area contributed by atoms with Gasteiger partial charge < -0.3 is 18.9 Å². The standard InChI is InChI=1S/C32H42O6/c1-3-5-21-35-29(33)19-11-13-23-37-31-25-15-7-9-17-27(25)32(28-18-10-8-16-26(28)31)38-24-14-12-20-30(34)36-22-6-4-2/h7-10,15-18H,3-6,11-14,19-24H2,1-2H3. The van der Waals surface area contributed by atoms with Gasteiger partial charge in [0.15, 0.2) is 0 Å². The fourth-order valence-electron chi connectivity index (χ4n) is 4.26. The fourth-order valence-corrected chi connectivity index (χ4v) is 4.26. The molecule has 0 saturated heterocycles. The molecular weight excluding hydrogens is 480 g/mol. The molecule has 0 spiro atoms. The fraction of sp³-hybridized carbons (Fsp3) is 0.500. The molecule has 0 aliphatic heterocycles. The van der Waals surface area contributed by atoms with E-state index in [9.17, 15) is 9.59 Å². The number of esters is 2. The number of unbranched alkanes of at least 4 members (excludes halogenated alkanes) is 4. The summed E-state index contributed by atoms with van der Waals surface area (Å²) in [6.07, 6.45) is 7.67. The topological polar surface area (TPSA) is 71.1 Å². The number of hydrogen-bond donors (Lipinski definition) is 0. The van der Waals surface area contributed by atoms with Crippen LogP contribution in [0.4, 0.5) is 0 Å². The minimum Gasteiger partial charge on any atom is -0.492 e. The van der Waals surface area contributed by atoms with Gasteiger partial charge in [-0.25, -0.2) is 0 Å². The van der Waals surface area contributed by atoms with Crippen LogP contribution >= 0.6 is 0 Å². The molecule has 0 fully saturated rings. The third-order valence-electron chi connectivity index (χ3n) is 6.40. The average molecular weight is 523 g/mol. The molecule has 3 rings (SSSR count). The van der Waals surface area contributed by atoms with Crippen molar-refractivity contribution in [3.8, 4) is 11.5 Å². The Hall–Kier alpha value is -3.28. The molecule has 0 saturated carbocycles. The van der Waals surface area contributed by atoms with E-state index in [0.717, 1.165) is 84.4 Å². The van der Waals surface area contributed by atoms with Crippen LogP contribution in [0.3, 0.4) is 0 Å². The highest BCUT2D eigenvalue weighted by atomic mass is 16.5. The Morgan fingerprint density at radius 3 is 1.24 bits per heavy atom. The van der Waals surface area contributed by atoms with Gasteiger partial charge in [0, 0.05) is 34.4 Å². The van der Waals surface area contributed by atoms with Crippen LogP contribution in [0.2, 0.25) is 0 Å². The predicted molar refractivity (Wildman–Crippen MR) is 152 cm³/mol. The molecule has 38 heavy (non-hydrogen) atoms. The van der Waals surface area contributed by atoms with Gasteiger partial charge in [0.2, 0.25) is 0 Å². The monoisotopic (exact) mass is 522 g/mol. The third-order valence-corrected chi connectivity index (χ3v) is 6.40. The number of ether oxygens (including phenoxy) is 4. The van der Waals surface area contributed by atoms with Gasteiger partial charge in [-0.2, -0.15) is 0 Å². The van der Waals surface area contributed by atoms with Crippen molar-refractivity contribution in [3.63, 3.8) is 0 Å². The lowest BCUT2D eigenvalue weighted by Gasteiger charge is -2.18. The SMILES string of the molecule is CCCCOC(=O)CCCCOc1c2ccccc2c(OCCCCC(=O)OCCCC)c2ccccc12. The van der Waals surface area contributed by atoms with Crippen molar-refractivity contribution in [3.05, 3.63) is 48.5 Å². The van der Waals surface area contributed by atoms with E-state index in [-0.39, 0.29) is 11.9 Å². The van der Waals surface area contributed by atoms with Gasteiger partial charge in [0.25, 0.3) is 0 Å². The molecule has 3 aromatic carbocycles. The van der Waals surface area contributed by atoms with Crippen LogP contribution in [0.25, 0.3) is 21.5 Å². The van der Waals surface area contributed by atoms with Crippen LogP contribution in [-0.2, 0) is 19.1 Å². The van der Waals surface area contributed by atoms with Crippen molar-refractivity contribution < 1.29 is 28.5 Å². The van der Waals surface area contributed by atoms with E-state index in [4.69, 9.17) is 18.9 Å². The Morgan fingerprint density at radius 2 is 0.895 bits per heavy atom. The molecule has 0 aliphatic rings. The Morgan fingerprint density at radius 1 is 0.526 bits per heavy atom. The first-order valence-electron chi connectivity index (χ1n) is 14.2. The van der Waals surface area contributed by atoms with Gasteiger partial charge in [-0.05, 0) is 38.5 Å². The predicted octanol–water partition coefficient (Wildman–Crippen LogP) is 7.78. The van der Waals surface area contributed by atoms with Crippen LogP contribution < -0.4 is 9.47 Å². The maximum atomic E-state index is 11.9. The molecule has 6 heteroatoms. The summed E-state index contributed by atoms with van der Waals surface area (Å²) < 4.78 is 23.1. The Balaban J connectivity index is 1.61. The lowest BCUT2D eigenvalue weighted by atomic mass is 10.0. The van der Waals surface area contributed by atoms with E-state index in [0.29, 0.717) is 39.3 Å². The summed E-state index contributed by atoms with van der Waals surface area (Å²) in [5.74, 6) is 1.40. The van der Waals surface area contributed by atoms with Crippen LogP contribution in [0, 0.1) is 0 Å². The number of benzene rings is 3. The van der Waals surface area contributed by atoms with Gasteiger partial charge >= 0.3 is 11.9 Å². The Kier molecular flexibility index (Phi) is 12.7. The minimum absolute atomic E-state index is 0.135. The van der Waals surface area contributed by atoms with E-state index >= 15 is 0 Å². The maximum Gasteiger partial charge on any atom is 0.305 e. The molecule has 0 heterocycles. The highest BCUT2D eigenvalue weighted by Gasteiger charge is 2.16. The Labute approximate surface area is 226 Å². The Bertz CT molecular complexity index is 1010. The molecule has 0 aromatic heterocycles. The molecule has 0 amide bonds. The van der Waals surface area contributed by atoms with Gasteiger partial charge in [0.05, 0.1) is 26.4 Å². The van der Waals surface area contributed by atoms with Gasteiger partial charge in [-0.3, -0.25) is 9.59 Å². The number of carbonyl (C=O) groups is 2. The molecule has 6 nitrogen and oxygen atoms in total. The molecule has 0 unspecified atom stereocenters. The zero-order valence-corrected chi connectivity index (χ0v) is 23.0. The van der Waals surface area contributed by atoms with Crippen molar-refractivity contribution >= 4 is 33.5 Å². The van der Waals surface area contributed by atoms with Crippen LogP contribution in [0.5, 0.6) is 11.5 Å². The van der Waals surface area contributed by atoms with Crippen molar-refractivity contribution in [1.29, 1.82) is 0 Å². The number of hydrogen-bond acceptors (Lipinski definition) is 6. The second-order valence-corrected chi connectivity index (χ2v) is 9.51. The summed E-state index contributed by atoms with van der Waals surface area (Å²) >= 11 is 0. The van der Waals surface area contributed by atoms with E-state index < -0.39 is 0 Å². The summed E-state index contributed by atoms with van der Waals surface area (Å²) in [5.41, 5.74) is 0. The summed E-state index contributed by atoms with van der Waals surface area (Å²) in [5, 5.41) is 4.00. The third kappa shape index (κ3) is 8.93. The first kappa shape index (κ1) is 29.3. The van der Waals surface area contributed by atoms with Crippen molar-refractivity contribution in [2.75, 3.05) is 26.4 Å². The van der Waals surface area contributed by atoms with E-state index in [1.54, 1.807) is 0 Å². The summed E-state index contributed by atoms with van der Waals surface area (Å²) in [4.78, 5) is 23.7. The summed E-state index contributed by atoms with van der Waals surface area (Å²) in [7, 11) is 0. The largest absolute Gasteiger partial charge is 0.492 e. The van der Waals surface area contributed by atoms with E-state index in [1.165, 1.54) is 0 Å². The summed E-state index contributed by atoms with van der Waals surface area (Å²) in [6, 6.07) is 16.2. The van der Waals surface area contributed by atoms with Crippen LogP contribution in [-0.4, -0.2) is 38.4 Å². The smallest absolute Gasteiger partial charge is 0.305 e. The summed E-state index contributed by atoms with van der Waals surface area (Å²) in [6.45, 7) is 6.20. The molecule has 0 radical (unpaired) electrons. The van der Waals surface area contributed by atoms with Crippen LogP contribution in [0.1, 0.15) is 78.1 Å². The molecular formula is C32H42O6. The number of carbonyl (C=O) groups excluding carboxylic acids is 2. The lowest BCUT2D eigenvalue weighted by Crippen LogP contribution is -2.07. The quantitative estimate of drug-likeness (QED) is 0.0965. The van der Waals surface area contributed by atoms with Crippen molar-refractivity contribution in [2.45, 2.75) is 78.1 Å². The molecule has 0 atom stereocenters. The number of rotatable bonds is 18. The second-order valence-electron chi connectivity index (χ2n) is 9.51. The van der Waals surface area contributed by atoms with Crippen molar-refractivity contribution in [2.24, 2.45) is 0 Å². The van der Waals surface area contributed by atoms with Gasteiger partial charge in [0.1, 0.15) is 11.5 Å². The molecule has 0 bridgehead atoms.